The predicted octanol–water partition coefficient (Wildman–Crippen LogP) is 3.64. The number of rotatable bonds is 7. The number of nitrogens with zero attached hydrogens (tertiary/aromatic N) is 3. The van der Waals surface area contributed by atoms with Gasteiger partial charge in [-0.2, -0.15) is 0 Å². The molecule has 0 spiro atoms. The minimum absolute atomic E-state index is 0.229. The van der Waals surface area contributed by atoms with Gasteiger partial charge in [0.1, 0.15) is 0 Å². The van der Waals surface area contributed by atoms with Crippen LogP contribution in [0.5, 0.6) is 0 Å². The summed E-state index contributed by atoms with van der Waals surface area (Å²) in [7, 11) is 0. The molecule has 3 aromatic rings. The van der Waals surface area contributed by atoms with E-state index in [2.05, 4.69) is 20.5 Å². The lowest BCUT2D eigenvalue weighted by molar-refractivity contribution is -0.115. The Morgan fingerprint density at radius 3 is 2.79 bits per heavy atom. The second-order valence-electron chi connectivity index (χ2n) is 5.93. The molecule has 10 heteroatoms. The van der Waals surface area contributed by atoms with Gasteiger partial charge in [0.25, 0.3) is 0 Å². The summed E-state index contributed by atoms with van der Waals surface area (Å²) >= 11 is 13.0. The summed E-state index contributed by atoms with van der Waals surface area (Å²) in [5.74, 6) is -0.0845. The molecule has 1 aromatic carbocycles. The number of amides is 1. The average molecular weight is 438 g/mol. The zero-order valence-electron chi connectivity index (χ0n) is 14.9. The van der Waals surface area contributed by atoms with Gasteiger partial charge in [-0.25, -0.2) is 14.9 Å². The summed E-state index contributed by atoms with van der Waals surface area (Å²) in [5, 5.41) is 9.67. The number of nitrogens with one attached hydrogen (secondary N) is 2. The van der Waals surface area contributed by atoms with Gasteiger partial charge < -0.3 is 5.32 Å². The van der Waals surface area contributed by atoms with Gasteiger partial charge in [-0.3, -0.25) is 9.36 Å². The Balaban J connectivity index is 1.66. The Morgan fingerprint density at radius 2 is 2.07 bits per heavy atom. The largest absolute Gasteiger partial charge is 0.343 e. The lowest BCUT2D eigenvalue weighted by atomic mass is 10.1. The molecule has 7 nitrogen and oxygen atoms in total. The van der Waals surface area contributed by atoms with Crippen molar-refractivity contribution in [1.82, 2.24) is 19.7 Å². The summed E-state index contributed by atoms with van der Waals surface area (Å²) in [6.45, 7) is 2.17. The second kappa shape index (κ2) is 9.27. The number of aryl methyl sites for hydroxylation is 1. The number of benzene rings is 1. The standard InChI is InChI=1S/C18H17Cl2N5O2S/c1-11(16(26)22-15-14(20)9-13(19)10-21-15)28-18-24-23-17(27)25(18)8-7-12-5-3-2-4-6-12/h2-6,9-11H,7-8H2,1H3,(H,23,27)(H,21,22,26). The molecule has 28 heavy (non-hydrogen) atoms. The fraction of sp³-hybridized carbons (Fsp3) is 0.222. The Hall–Kier alpha value is -2.29. The number of thioether (sulfide) groups is 1. The highest BCUT2D eigenvalue weighted by atomic mass is 35.5. The van der Waals surface area contributed by atoms with Gasteiger partial charge in [0.15, 0.2) is 11.0 Å². The molecule has 146 valence electrons. The van der Waals surface area contributed by atoms with Gasteiger partial charge in [0.05, 0.1) is 15.3 Å². The highest BCUT2D eigenvalue weighted by molar-refractivity contribution is 8.00. The molecule has 0 radical (unpaired) electrons. The van der Waals surface area contributed by atoms with E-state index in [1.54, 1.807) is 6.92 Å². The highest BCUT2D eigenvalue weighted by Gasteiger charge is 2.20. The van der Waals surface area contributed by atoms with Crippen LogP contribution in [0.4, 0.5) is 5.82 Å². The first kappa shape index (κ1) is 20.4. The van der Waals surface area contributed by atoms with Crippen LogP contribution in [-0.4, -0.2) is 30.9 Å². The lowest BCUT2D eigenvalue weighted by Crippen LogP contribution is -2.24. The van der Waals surface area contributed by atoms with Crippen LogP contribution in [0.2, 0.25) is 10.0 Å². The predicted molar refractivity (Wildman–Crippen MR) is 111 cm³/mol. The van der Waals surface area contributed by atoms with E-state index >= 15 is 0 Å². The van der Waals surface area contributed by atoms with Crippen molar-refractivity contribution < 1.29 is 4.79 Å². The molecule has 0 aliphatic heterocycles. The van der Waals surface area contributed by atoms with E-state index in [0.717, 1.165) is 5.56 Å². The zero-order chi connectivity index (χ0) is 20.1. The van der Waals surface area contributed by atoms with Crippen LogP contribution in [0.25, 0.3) is 0 Å². The van der Waals surface area contributed by atoms with E-state index in [0.29, 0.717) is 23.1 Å². The molecule has 2 N–H and O–H groups in total. The van der Waals surface area contributed by atoms with E-state index < -0.39 is 5.25 Å². The number of carbonyl (C=O) groups excluding carboxylic acids is 1. The van der Waals surface area contributed by atoms with Crippen molar-refractivity contribution in [3.63, 3.8) is 0 Å². The summed E-state index contributed by atoms with van der Waals surface area (Å²) in [4.78, 5) is 28.5. The van der Waals surface area contributed by atoms with E-state index in [9.17, 15) is 9.59 Å². The fourth-order valence-corrected chi connectivity index (χ4v) is 3.72. The number of hydrogen-bond donors (Lipinski definition) is 2. The van der Waals surface area contributed by atoms with Crippen LogP contribution < -0.4 is 11.0 Å². The first-order valence-electron chi connectivity index (χ1n) is 8.41. The van der Waals surface area contributed by atoms with Crippen molar-refractivity contribution in [3.05, 3.63) is 68.7 Å². The van der Waals surface area contributed by atoms with Crippen LogP contribution in [0, 0.1) is 0 Å². The number of aromatic amines is 1. The topological polar surface area (TPSA) is 92.7 Å². The number of carbonyl (C=O) groups is 1. The second-order valence-corrected chi connectivity index (χ2v) is 8.08. The number of halogens is 2. The Bertz CT molecular complexity index is 1020. The van der Waals surface area contributed by atoms with Crippen LogP contribution in [-0.2, 0) is 17.8 Å². The molecule has 0 bridgehead atoms. The third-order valence-electron chi connectivity index (χ3n) is 3.89. The molecule has 2 heterocycles. The number of H-pyrrole nitrogens is 1. The Labute approximate surface area is 175 Å². The minimum atomic E-state index is -0.528. The van der Waals surface area contributed by atoms with Crippen molar-refractivity contribution in [2.45, 2.75) is 30.3 Å². The maximum Gasteiger partial charge on any atom is 0.343 e. The van der Waals surface area contributed by atoms with Gasteiger partial charge >= 0.3 is 5.69 Å². The van der Waals surface area contributed by atoms with Crippen molar-refractivity contribution >= 4 is 46.7 Å². The van der Waals surface area contributed by atoms with E-state index in [1.807, 2.05) is 30.3 Å². The molecule has 0 saturated carbocycles. The molecule has 0 aliphatic carbocycles. The molecule has 0 fully saturated rings. The van der Waals surface area contributed by atoms with Gasteiger partial charge in [-0.05, 0) is 25.0 Å². The fourth-order valence-electron chi connectivity index (χ4n) is 2.41. The monoisotopic (exact) mass is 437 g/mol. The molecule has 0 saturated heterocycles. The van der Waals surface area contributed by atoms with Crippen molar-refractivity contribution in [1.29, 1.82) is 0 Å². The SMILES string of the molecule is CC(Sc1n[nH]c(=O)n1CCc1ccccc1)C(=O)Nc1ncc(Cl)cc1Cl. The van der Waals surface area contributed by atoms with Crippen LogP contribution >= 0.6 is 35.0 Å². The third-order valence-corrected chi connectivity index (χ3v) is 5.48. The summed E-state index contributed by atoms with van der Waals surface area (Å²) < 4.78 is 1.52. The van der Waals surface area contributed by atoms with Gasteiger partial charge in [0, 0.05) is 12.7 Å². The van der Waals surface area contributed by atoms with Gasteiger partial charge in [-0.1, -0.05) is 65.3 Å². The van der Waals surface area contributed by atoms with Gasteiger partial charge in [0.2, 0.25) is 5.91 Å². The number of anilines is 1. The van der Waals surface area contributed by atoms with E-state index in [1.165, 1.54) is 28.6 Å². The molecule has 0 aliphatic rings. The average Bonchev–Trinajstić information content (AvgIpc) is 3.02. The maximum atomic E-state index is 12.5. The van der Waals surface area contributed by atoms with E-state index in [4.69, 9.17) is 23.2 Å². The van der Waals surface area contributed by atoms with Crippen molar-refractivity contribution in [2.75, 3.05) is 5.32 Å². The highest BCUT2D eigenvalue weighted by Crippen LogP contribution is 2.25. The smallest absolute Gasteiger partial charge is 0.308 e. The normalized spacial score (nSPS) is 12.0. The van der Waals surface area contributed by atoms with Crippen LogP contribution in [0.1, 0.15) is 12.5 Å². The first-order chi connectivity index (χ1) is 13.4. The first-order valence-corrected chi connectivity index (χ1v) is 10.1. The zero-order valence-corrected chi connectivity index (χ0v) is 17.2. The molecule has 1 amide bonds. The summed E-state index contributed by atoms with van der Waals surface area (Å²) in [6, 6.07) is 11.3. The van der Waals surface area contributed by atoms with Crippen molar-refractivity contribution in [2.24, 2.45) is 0 Å². The molecular formula is C18H17Cl2N5O2S. The summed E-state index contributed by atoms with van der Waals surface area (Å²) in [6.07, 6.45) is 2.08. The molecule has 2 aromatic heterocycles. The minimum Gasteiger partial charge on any atom is -0.308 e. The lowest BCUT2D eigenvalue weighted by Gasteiger charge is -2.12. The number of pyridine rings is 1. The van der Waals surface area contributed by atoms with Gasteiger partial charge in [-0.15, -0.1) is 5.10 Å². The number of aromatic nitrogens is 4. The molecule has 1 atom stereocenters. The molecular weight excluding hydrogens is 421 g/mol. The molecule has 1 unspecified atom stereocenters. The Morgan fingerprint density at radius 1 is 1.32 bits per heavy atom. The molecule has 3 rings (SSSR count). The van der Waals surface area contributed by atoms with Crippen molar-refractivity contribution in [3.8, 4) is 0 Å². The number of hydrogen-bond acceptors (Lipinski definition) is 5. The quantitative estimate of drug-likeness (QED) is 0.550. The summed E-state index contributed by atoms with van der Waals surface area (Å²) in [5.41, 5.74) is 0.800. The third kappa shape index (κ3) is 5.15. The van der Waals surface area contributed by atoms with Crippen LogP contribution in [0.3, 0.4) is 0 Å². The van der Waals surface area contributed by atoms with E-state index in [-0.39, 0.29) is 22.4 Å². The van der Waals surface area contributed by atoms with Crippen LogP contribution in [0.15, 0.2) is 52.5 Å². The Kier molecular flexibility index (Phi) is 6.77. The maximum absolute atomic E-state index is 12.5.